The van der Waals surface area contributed by atoms with E-state index in [1.165, 1.54) is 0 Å². The second-order valence-corrected chi connectivity index (χ2v) is 7.72. The predicted octanol–water partition coefficient (Wildman–Crippen LogP) is 3.65. The molecular weight excluding hydrogens is 364 g/mol. The number of rotatable bonds is 5. The smallest absolute Gasteiger partial charge is 0.184 e. The highest BCUT2D eigenvalue weighted by atomic mass is 32.2. The third kappa shape index (κ3) is 4.06. The molecule has 0 radical (unpaired) electrons. The Bertz CT molecular complexity index is 713. The zero-order valence-electron chi connectivity index (χ0n) is 15.4. The van der Waals surface area contributed by atoms with Crippen LogP contribution in [0.3, 0.4) is 0 Å². The minimum Gasteiger partial charge on any atom is -0.376 e. The highest BCUT2D eigenvalue weighted by Crippen LogP contribution is 2.40. The maximum absolute atomic E-state index is 6.32. The molecular formula is C21H24O5S. The maximum Gasteiger partial charge on any atom is 0.184 e. The summed E-state index contributed by atoms with van der Waals surface area (Å²) in [6, 6.07) is 20.1. The van der Waals surface area contributed by atoms with Gasteiger partial charge in [-0.05, 0) is 12.1 Å². The van der Waals surface area contributed by atoms with Crippen LogP contribution in [0.15, 0.2) is 65.6 Å². The number of hydrogen-bond donors (Lipinski definition) is 0. The molecule has 4 rings (SSSR count). The molecule has 0 aromatic heterocycles. The minimum atomic E-state index is -0.426. The second kappa shape index (κ2) is 8.73. The molecule has 2 aromatic carbocycles. The summed E-state index contributed by atoms with van der Waals surface area (Å²) in [5, 5.41) is 0. The van der Waals surface area contributed by atoms with Gasteiger partial charge in [0.25, 0.3) is 0 Å². The van der Waals surface area contributed by atoms with Gasteiger partial charge in [-0.3, -0.25) is 0 Å². The molecule has 2 aromatic rings. The van der Waals surface area contributed by atoms with Crippen LogP contribution in [0.25, 0.3) is 0 Å². The van der Waals surface area contributed by atoms with Gasteiger partial charge in [0.1, 0.15) is 29.9 Å². The first-order valence-electron chi connectivity index (χ1n) is 9.05. The SMILES string of the molecule is CO[C@@H]1[C@H](OC)[C@@H](Sc2ccccc2)O[C@@H]2CO[C@@H](c3ccccc3)O[C@@H]12. The lowest BCUT2D eigenvalue weighted by atomic mass is 9.98. The molecule has 2 heterocycles. The monoisotopic (exact) mass is 388 g/mol. The van der Waals surface area contributed by atoms with Crippen molar-refractivity contribution < 1.29 is 23.7 Å². The van der Waals surface area contributed by atoms with Gasteiger partial charge in [-0.1, -0.05) is 60.3 Å². The van der Waals surface area contributed by atoms with Crippen molar-refractivity contribution in [1.29, 1.82) is 0 Å². The Kier molecular flexibility index (Phi) is 6.12. The van der Waals surface area contributed by atoms with Crippen molar-refractivity contribution in [2.75, 3.05) is 20.8 Å². The van der Waals surface area contributed by atoms with E-state index in [1.54, 1.807) is 26.0 Å². The Labute approximate surface area is 163 Å². The van der Waals surface area contributed by atoms with E-state index in [2.05, 4.69) is 12.1 Å². The molecule has 6 heteroatoms. The number of hydrogen-bond acceptors (Lipinski definition) is 6. The van der Waals surface area contributed by atoms with Crippen LogP contribution >= 0.6 is 11.8 Å². The van der Waals surface area contributed by atoms with Crippen molar-refractivity contribution in [2.24, 2.45) is 0 Å². The summed E-state index contributed by atoms with van der Waals surface area (Å²) in [6.45, 7) is 0.451. The lowest BCUT2D eigenvalue weighted by Gasteiger charge is -2.48. The first-order valence-corrected chi connectivity index (χ1v) is 9.93. The van der Waals surface area contributed by atoms with Gasteiger partial charge in [-0.25, -0.2) is 0 Å². The van der Waals surface area contributed by atoms with Gasteiger partial charge in [0.15, 0.2) is 6.29 Å². The van der Waals surface area contributed by atoms with Gasteiger partial charge in [-0.2, -0.15) is 0 Å². The number of fused-ring (bicyclic) bond motifs is 1. The largest absolute Gasteiger partial charge is 0.376 e. The third-order valence-electron chi connectivity index (χ3n) is 4.90. The van der Waals surface area contributed by atoms with E-state index in [0.717, 1.165) is 10.5 Å². The lowest BCUT2D eigenvalue weighted by molar-refractivity contribution is -0.323. The van der Waals surface area contributed by atoms with Gasteiger partial charge < -0.3 is 23.7 Å². The van der Waals surface area contributed by atoms with Crippen LogP contribution in [0.4, 0.5) is 0 Å². The fraction of sp³-hybridized carbons (Fsp3) is 0.429. The standard InChI is InChI=1S/C21H24O5S/c1-22-18-17-16(13-24-20(26-17)14-9-5-3-6-10-14)25-21(19(18)23-2)27-15-11-7-4-8-12-15/h3-12,16-21H,13H2,1-2H3/t16-,17-,18+,19+,20-,21-/m1/s1. The van der Waals surface area contributed by atoms with Crippen molar-refractivity contribution in [3.63, 3.8) is 0 Å². The van der Waals surface area contributed by atoms with Gasteiger partial charge >= 0.3 is 0 Å². The summed E-state index contributed by atoms with van der Waals surface area (Å²) in [4.78, 5) is 1.12. The predicted molar refractivity (Wildman–Crippen MR) is 103 cm³/mol. The Balaban J connectivity index is 1.52. The average molecular weight is 388 g/mol. The van der Waals surface area contributed by atoms with E-state index in [4.69, 9.17) is 23.7 Å². The van der Waals surface area contributed by atoms with Crippen LogP contribution in [0.1, 0.15) is 11.9 Å². The molecule has 2 aliphatic rings. The molecule has 6 atom stereocenters. The summed E-state index contributed by atoms with van der Waals surface area (Å²) >= 11 is 1.63. The summed E-state index contributed by atoms with van der Waals surface area (Å²) in [6.07, 6.45) is -1.39. The first kappa shape index (κ1) is 18.9. The fourth-order valence-corrected chi connectivity index (χ4v) is 4.75. The zero-order valence-corrected chi connectivity index (χ0v) is 16.2. The van der Waals surface area contributed by atoms with E-state index in [9.17, 15) is 0 Å². The molecule has 144 valence electrons. The molecule has 2 aliphatic heterocycles. The number of thioether (sulfide) groups is 1. The van der Waals surface area contributed by atoms with Gasteiger partial charge in [-0.15, -0.1) is 0 Å². The molecule has 0 unspecified atom stereocenters. The van der Waals surface area contributed by atoms with E-state index < -0.39 is 6.29 Å². The molecule has 0 N–H and O–H groups in total. The van der Waals surface area contributed by atoms with Crippen LogP contribution in [-0.2, 0) is 23.7 Å². The average Bonchev–Trinajstić information content (AvgIpc) is 2.73. The molecule has 0 bridgehead atoms. The fourth-order valence-electron chi connectivity index (χ4n) is 3.57. The van der Waals surface area contributed by atoms with Crippen LogP contribution < -0.4 is 0 Å². The van der Waals surface area contributed by atoms with Gasteiger partial charge in [0.05, 0.1) is 6.61 Å². The topological polar surface area (TPSA) is 46.2 Å². The molecule has 0 aliphatic carbocycles. The molecule has 0 saturated carbocycles. The van der Waals surface area contributed by atoms with E-state index >= 15 is 0 Å². The highest BCUT2D eigenvalue weighted by molar-refractivity contribution is 7.99. The van der Waals surface area contributed by atoms with E-state index in [0.29, 0.717) is 6.61 Å². The van der Waals surface area contributed by atoms with Crippen molar-refractivity contribution >= 4 is 11.8 Å². The van der Waals surface area contributed by atoms with Crippen molar-refractivity contribution in [1.82, 2.24) is 0 Å². The lowest BCUT2D eigenvalue weighted by Crippen LogP contribution is -2.62. The first-order chi connectivity index (χ1) is 13.3. The molecule has 2 fully saturated rings. The number of benzene rings is 2. The summed E-state index contributed by atoms with van der Waals surface area (Å²) < 4.78 is 30.1. The molecule has 0 spiro atoms. The summed E-state index contributed by atoms with van der Waals surface area (Å²) in [5.41, 5.74) is 0.782. The maximum atomic E-state index is 6.32. The molecule has 2 saturated heterocycles. The van der Waals surface area contributed by atoms with Crippen LogP contribution in [-0.4, -0.2) is 50.7 Å². The number of methoxy groups -OCH3 is 2. The van der Waals surface area contributed by atoms with Gasteiger partial charge in [0.2, 0.25) is 0 Å². The summed E-state index contributed by atoms with van der Waals surface area (Å²) in [7, 11) is 3.38. The number of ether oxygens (including phenoxy) is 5. The highest BCUT2D eigenvalue weighted by Gasteiger charge is 2.50. The van der Waals surface area contributed by atoms with Crippen molar-refractivity contribution in [2.45, 2.75) is 41.0 Å². The Morgan fingerprint density at radius 2 is 1.52 bits per heavy atom. The van der Waals surface area contributed by atoms with E-state index in [-0.39, 0.29) is 29.9 Å². The molecule has 0 amide bonds. The van der Waals surface area contributed by atoms with Crippen molar-refractivity contribution in [3.8, 4) is 0 Å². The third-order valence-corrected chi connectivity index (χ3v) is 6.05. The van der Waals surface area contributed by atoms with Crippen LogP contribution in [0, 0.1) is 0 Å². The Morgan fingerprint density at radius 3 is 2.19 bits per heavy atom. The van der Waals surface area contributed by atoms with Crippen LogP contribution in [0.2, 0.25) is 0 Å². The van der Waals surface area contributed by atoms with Gasteiger partial charge in [0, 0.05) is 24.7 Å². The molecule has 27 heavy (non-hydrogen) atoms. The Hall–Kier alpha value is -1.41. The second-order valence-electron chi connectivity index (χ2n) is 6.55. The summed E-state index contributed by atoms with van der Waals surface area (Å²) in [5.74, 6) is 0. The quantitative estimate of drug-likeness (QED) is 0.779. The molecule has 5 nitrogen and oxygen atoms in total. The van der Waals surface area contributed by atoms with Crippen LogP contribution in [0.5, 0.6) is 0 Å². The van der Waals surface area contributed by atoms with Crippen molar-refractivity contribution in [3.05, 3.63) is 66.2 Å². The minimum absolute atomic E-state index is 0.205. The normalized spacial score (nSPS) is 33.4. The zero-order chi connectivity index (χ0) is 18.6. The Morgan fingerprint density at radius 1 is 0.852 bits per heavy atom. The van der Waals surface area contributed by atoms with E-state index in [1.807, 2.05) is 48.5 Å².